The summed E-state index contributed by atoms with van der Waals surface area (Å²) in [6.07, 6.45) is 0.0289. The zero-order valence-corrected chi connectivity index (χ0v) is 12.7. The van der Waals surface area contributed by atoms with Gasteiger partial charge < -0.3 is 10.4 Å². The van der Waals surface area contributed by atoms with Crippen molar-refractivity contribution < 1.29 is 14.3 Å². The molecule has 0 spiro atoms. The molecule has 2 N–H and O–H groups in total. The Labute approximate surface area is 129 Å². The number of halogens is 1. The van der Waals surface area contributed by atoms with Crippen LogP contribution in [-0.4, -0.2) is 17.1 Å². The first-order valence-electron chi connectivity index (χ1n) is 7.34. The van der Waals surface area contributed by atoms with Crippen molar-refractivity contribution in [3.63, 3.8) is 0 Å². The lowest BCUT2D eigenvalue weighted by atomic mass is 10.0. The SMILES string of the molecule is CCc1ccc(C(=O)NC(C)C(O)c2ccc(F)cc2)cc1. The van der Waals surface area contributed by atoms with Gasteiger partial charge in [0, 0.05) is 5.56 Å². The van der Waals surface area contributed by atoms with Gasteiger partial charge in [-0.25, -0.2) is 4.39 Å². The lowest BCUT2D eigenvalue weighted by Gasteiger charge is -2.20. The molecule has 0 aromatic heterocycles. The van der Waals surface area contributed by atoms with Crippen molar-refractivity contribution in [3.05, 3.63) is 71.0 Å². The van der Waals surface area contributed by atoms with Crippen LogP contribution in [0.5, 0.6) is 0 Å². The predicted molar refractivity (Wildman–Crippen MR) is 84.1 cm³/mol. The zero-order chi connectivity index (χ0) is 16.1. The normalized spacial score (nSPS) is 13.5. The summed E-state index contributed by atoms with van der Waals surface area (Å²) in [7, 11) is 0. The first-order valence-corrected chi connectivity index (χ1v) is 7.34. The van der Waals surface area contributed by atoms with E-state index in [2.05, 4.69) is 12.2 Å². The molecule has 2 unspecified atom stereocenters. The lowest BCUT2D eigenvalue weighted by Crippen LogP contribution is -2.37. The number of aryl methyl sites for hydroxylation is 1. The molecule has 4 heteroatoms. The van der Waals surface area contributed by atoms with Gasteiger partial charge in [0.25, 0.3) is 5.91 Å². The van der Waals surface area contributed by atoms with Crippen LogP contribution in [0.3, 0.4) is 0 Å². The van der Waals surface area contributed by atoms with Crippen LogP contribution in [0.2, 0.25) is 0 Å². The van der Waals surface area contributed by atoms with Crippen LogP contribution in [0.15, 0.2) is 48.5 Å². The van der Waals surface area contributed by atoms with Gasteiger partial charge in [-0.2, -0.15) is 0 Å². The van der Waals surface area contributed by atoms with Crippen molar-refractivity contribution in [1.29, 1.82) is 0 Å². The van der Waals surface area contributed by atoms with E-state index in [1.54, 1.807) is 19.1 Å². The molecule has 0 aliphatic carbocycles. The third-order valence-corrected chi connectivity index (χ3v) is 3.67. The van der Waals surface area contributed by atoms with Crippen LogP contribution in [-0.2, 0) is 6.42 Å². The van der Waals surface area contributed by atoms with Crippen LogP contribution in [0.25, 0.3) is 0 Å². The number of aliphatic hydroxyl groups is 1. The summed E-state index contributed by atoms with van der Waals surface area (Å²) in [5.41, 5.74) is 2.28. The van der Waals surface area contributed by atoms with E-state index in [-0.39, 0.29) is 11.7 Å². The van der Waals surface area contributed by atoms with Gasteiger partial charge in [0.2, 0.25) is 0 Å². The number of benzene rings is 2. The van der Waals surface area contributed by atoms with Crippen molar-refractivity contribution in [2.75, 3.05) is 0 Å². The molecule has 2 atom stereocenters. The Morgan fingerprint density at radius 3 is 2.27 bits per heavy atom. The molecule has 2 rings (SSSR count). The summed E-state index contributed by atoms with van der Waals surface area (Å²) in [6, 6.07) is 12.5. The highest BCUT2D eigenvalue weighted by molar-refractivity contribution is 5.94. The van der Waals surface area contributed by atoms with E-state index in [1.165, 1.54) is 24.3 Å². The minimum absolute atomic E-state index is 0.240. The summed E-state index contributed by atoms with van der Waals surface area (Å²) in [6.45, 7) is 3.77. The molecule has 22 heavy (non-hydrogen) atoms. The lowest BCUT2D eigenvalue weighted by molar-refractivity contribution is 0.0852. The standard InChI is InChI=1S/C18H20FNO2/c1-3-13-4-6-15(7-5-13)18(22)20-12(2)17(21)14-8-10-16(19)11-9-14/h4-12,17,21H,3H2,1-2H3,(H,20,22). The molecule has 116 valence electrons. The first kappa shape index (κ1) is 16.2. The Bertz CT molecular complexity index is 623. The molecule has 1 amide bonds. The average Bonchev–Trinajstić information content (AvgIpc) is 2.54. The van der Waals surface area contributed by atoms with Gasteiger partial charge in [-0.05, 0) is 48.7 Å². The van der Waals surface area contributed by atoms with Gasteiger partial charge in [-0.1, -0.05) is 31.2 Å². The van der Waals surface area contributed by atoms with Gasteiger partial charge in [0.15, 0.2) is 0 Å². The molecule has 3 nitrogen and oxygen atoms in total. The largest absolute Gasteiger partial charge is 0.386 e. The molecule has 0 saturated carbocycles. The molecule has 0 bridgehead atoms. The van der Waals surface area contributed by atoms with Gasteiger partial charge >= 0.3 is 0 Å². The van der Waals surface area contributed by atoms with Crippen molar-refractivity contribution in [1.82, 2.24) is 5.32 Å². The monoisotopic (exact) mass is 301 g/mol. The van der Waals surface area contributed by atoms with E-state index >= 15 is 0 Å². The van der Waals surface area contributed by atoms with Gasteiger partial charge in [-0.15, -0.1) is 0 Å². The van der Waals surface area contributed by atoms with Crippen LogP contribution in [0.4, 0.5) is 4.39 Å². The highest BCUT2D eigenvalue weighted by Crippen LogP contribution is 2.17. The minimum atomic E-state index is -0.889. The van der Waals surface area contributed by atoms with Crippen LogP contribution in [0, 0.1) is 5.82 Å². The Morgan fingerprint density at radius 2 is 1.73 bits per heavy atom. The minimum Gasteiger partial charge on any atom is -0.386 e. The highest BCUT2D eigenvalue weighted by atomic mass is 19.1. The third-order valence-electron chi connectivity index (χ3n) is 3.67. The number of aliphatic hydroxyl groups excluding tert-OH is 1. The van der Waals surface area contributed by atoms with Crippen molar-refractivity contribution in [2.45, 2.75) is 32.4 Å². The average molecular weight is 301 g/mol. The Hall–Kier alpha value is -2.20. The molecule has 2 aromatic carbocycles. The Balaban J connectivity index is 2.01. The number of hydrogen-bond acceptors (Lipinski definition) is 2. The number of hydrogen-bond donors (Lipinski definition) is 2. The maximum absolute atomic E-state index is 12.9. The first-order chi connectivity index (χ1) is 10.5. The van der Waals surface area contributed by atoms with E-state index in [4.69, 9.17) is 0 Å². The maximum atomic E-state index is 12.9. The molecular weight excluding hydrogens is 281 g/mol. The summed E-state index contributed by atoms with van der Waals surface area (Å²) in [5.74, 6) is -0.597. The smallest absolute Gasteiger partial charge is 0.251 e. The fraction of sp³-hybridized carbons (Fsp3) is 0.278. The zero-order valence-electron chi connectivity index (χ0n) is 12.7. The van der Waals surface area contributed by atoms with Gasteiger partial charge in [0.1, 0.15) is 5.82 Å². The second-order valence-corrected chi connectivity index (χ2v) is 5.31. The van der Waals surface area contributed by atoms with Gasteiger partial charge in [0.05, 0.1) is 12.1 Å². The Morgan fingerprint density at radius 1 is 1.14 bits per heavy atom. The summed E-state index contributed by atoms with van der Waals surface area (Å²) in [4.78, 5) is 12.2. The summed E-state index contributed by atoms with van der Waals surface area (Å²) in [5, 5.41) is 13.0. The second-order valence-electron chi connectivity index (χ2n) is 5.31. The molecule has 2 aromatic rings. The third kappa shape index (κ3) is 3.92. The predicted octanol–water partition coefficient (Wildman–Crippen LogP) is 3.24. The highest BCUT2D eigenvalue weighted by Gasteiger charge is 2.19. The molecule has 0 aliphatic heterocycles. The number of carbonyl (C=O) groups excluding carboxylic acids is 1. The molecular formula is C18H20FNO2. The van der Waals surface area contributed by atoms with E-state index < -0.39 is 12.1 Å². The Kier molecular flexibility index (Phi) is 5.28. The van der Waals surface area contributed by atoms with Gasteiger partial charge in [-0.3, -0.25) is 4.79 Å². The van der Waals surface area contributed by atoms with E-state index in [0.29, 0.717) is 11.1 Å². The number of carbonyl (C=O) groups is 1. The van der Waals surface area contributed by atoms with Crippen LogP contribution < -0.4 is 5.32 Å². The fourth-order valence-corrected chi connectivity index (χ4v) is 2.21. The van der Waals surface area contributed by atoms with Crippen LogP contribution in [0.1, 0.15) is 41.4 Å². The quantitative estimate of drug-likeness (QED) is 0.890. The van der Waals surface area contributed by atoms with E-state index in [0.717, 1.165) is 12.0 Å². The summed E-state index contributed by atoms with van der Waals surface area (Å²) >= 11 is 0. The second kappa shape index (κ2) is 7.18. The molecule has 0 saturated heterocycles. The van der Waals surface area contributed by atoms with Crippen molar-refractivity contribution >= 4 is 5.91 Å². The van der Waals surface area contributed by atoms with Crippen molar-refractivity contribution in [2.24, 2.45) is 0 Å². The molecule has 0 fully saturated rings. The fourth-order valence-electron chi connectivity index (χ4n) is 2.21. The van der Waals surface area contributed by atoms with E-state index in [9.17, 15) is 14.3 Å². The topological polar surface area (TPSA) is 49.3 Å². The van der Waals surface area contributed by atoms with E-state index in [1.807, 2.05) is 12.1 Å². The number of nitrogens with one attached hydrogen (secondary N) is 1. The number of rotatable bonds is 5. The molecule has 0 heterocycles. The summed E-state index contributed by atoms with van der Waals surface area (Å²) < 4.78 is 12.9. The molecule has 0 radical (unpaired) electrons. The maximum Gasteiger partial charge on any atom is 0.251 e. The van der Waals surface area contributed by atoms with Crippen LogP contribution >= 0.6 is 0 Å². The number of amides is 1. The van der Waals surface area contributed by atoms with Crippen molar-refractivity contribution in [3.8, 4) is 0 Å². The molecule has 0 aliphatic rings.